The van der Waals surface area contributed by atoms with Crippen LogP contribution in [0.2, 0.25) is 0 Å². The number of carbonyl (C=O) groups excluding carboxylic acids is 1. The lowest BCUT2D eigenvalue weighted by Crippen LogP contribution is -2.16. The highest BCUT2D eigenvalue weighted by molar-refractivity contribution is 5.87. The van der Waals surface area contributed by atoms with E-state index in [4.69, 9.17) is 0 Å². The van der Waals surface area contributed by atoms with E-state index in [0.717, 1.165) is 17.9 Å². The van der Waals surface area contributed by atoms with Gasteiger partial charge in [-0.3, -0.25) is 4.79 Å². The standard InChI is InChI=1S/C15H17N3O/c1-3-18(13-7-5-4-6-8-13)14-9-10-15(16-11-14)17-12(2)19/h4-11H,3H2,1-2H3,(H,16,17,19). The summed E-state index contributed by atoms with van der Waals surface area (Å²) in [6, 6.07) is 13.9. The molecule has 0 radical (unpaired) electrons. The second-order valence-corrected chi connectivity index (χ2v) is 4.16. The van der Waals surface area contributed by atoms with Crippen LogP contribution in [-0.2, 0) is 4.79 Å². The van der Waals surface area contributed by atoms with Gasteiger partial charge in [0.2, 0.25) is 5.91 Å². The number of hydrogen-bond donors (Lipinski definition) is 1. The molecule has 0 bridgehead atoms. The second-order valence-electron chi connectivity index (χ2n) is 4.16. The maximum Gasteiger partial charge on any atom is 0.222 e. The van der Waals surface area contributed by atoms with Gasteiger partial charge < -0.3 is 10.2 Å². The quantitative estimate of drug-likeness (QED) is 0.912. The highest BCUT2D eigenvalue weighted by Gasteiger charge is 2.07. The number of aromatic nitrogens is 1. The maximum absolute atomic E-state index is 10.9. The number of para-hydroxylation sites is 1. The Labute approximate surface area is 113 Å². The zero-order valence-electron chi connectivity index (χ0n) is 11.1. The predicted molar refractivity (Wildman–Crippen MR) is 77.7 cm³/mol. The monoisotopic (exact) mass is 255 g/mol. The van der Waals surface area contributed by atoms with Crippen molar-refractivity contribution in [3.8, 4) is 0 Å². The number of benzene rings is 1. The van der Waals surface area contributed by atoms with Crippen molar-refractivity contribution in [2.75, 3.05) is 16.8 Å². The van der Waals surface area contributed by atoms with Crippen LogP contribution in [0.1, 0.15) is 13.8 Å². The fraction of sp³-hybridized carbons (Fsp3) is 0.200. The first kappa shape index (κ1) is 13.1. The molecule has 4 nitrogen and oxygen atoms in total. The van der Waals surface area contributed by atoms with Gasteiger partial charge in [-0.25, -0.2) is 4.98 Å². The lowest BCUT2D eigenvalue weighted by Gasteiger charge is -2.23. The highest BCUT2D eigenvalue weighted by atomic mass is 16.1. The molecule has 0 unspecified atom stereocenters. The summed E-state index contributed by atoms with van der Waals surface area (Å²) >= 11 is 0. The van der Waals surface area contributed by atoms with Crippen molar-refractivity contribution < 1.29 is 4.79 Å². The van der Waals surface area contributed by atoms with Gasteiger partial charge in [-0.1, -0.05) is 18.2 Å². The van der Waals surface area contributed by atoms with Crippen LogP contribution in [0.25, 0.3) is 0 Å². The third kappa shape index (κ3) is 3.31. The van der Waals surface area contributed by atoms with Gasteiger partial charge in [0.15, 0.2) is 0 Å². The molecule has 0 saturated heterocycles. The van der Waals surface area contributed by atoms with Gasteiger partial charge in [-0.05, 0) is 31.2 Å². The molecule has 0 atom stereocenters. The van der Waals surface area contributed by atoms with Gasteiger partial charge in [0.1, 0.15) is 5.82 Å². The lowest BCUT2D eigenvalue weighted by atomic mass is 10.2. The molecule has 0 aliphatic heterocycles. The molecule has 1 aromatic carbocycles. The Hall–Kier alpha value is -2.36. The Balaban J connectivity index is 2.22. The van der Waals surface area contributed by atoms with Crippen LogP contribution in [0.5, 0.6) is 0 Å². The highest BCUT2D eigenvalue weighted by Crippen LogP contribution is 2.24. The molecule has 98 valence electrons. The fourth-order valence-electron chi connectivity index (χ4n) is 1.92. The molecular weight excluding hydrogens is 238 g/mol. The largest absolute Gasteiger partial charge is 0.341 e. The third-order valence-electron chi connectivity index (χ3n) is 2.75. The van der Waals surface area contributed by atoms with Crippen molar-refractivity contribution in [3.63, 3.8) is 0 Å². The van der Waals surface area contributed by atoms with Crippen molar-refractivity contribution in [2.45, 2.75) is 13.8 Å². The van der Waals surface area contributed by atoms with Crippen molar-refractivity contribution in [1.29, 1.82) is 0 Å². The van der Waals surface area contributed by atoms with Gasteiger partial charge in [0.25, 0.3) is 0 Å². The van der Waals surface area contributed by atoms with Crippen molar-refractivity contribution in [2.24, 2.45) is 0 Å². The molecule has 2 rings (SSSR count). The van der Waals surface area contributed by atoms with E-state index in [1.54, 1.807) is 6.20 Å². The number of anilines is 3. The van der Waals surface area contributed by atoms with Crippen molar-refractivity contribution in [3.05, 3.63) is 48.7 Å². The summed E-state index contributed by atoms with van der Waals surface area (Å²) in [4.78, 5) is 17.3. The minimum absolute atomic E-state index is 0.115. The molecule has 19 heavy (non-hydrogen) atoms. The molecule has 0 fully saturated rings. The van der Waals surface area contributed by atoms with Crippen LogP contribution in [0.3, 0.4) is 0 Å². The van der Waals surface area contributed by atoms with Crippen LogP contribution >= 0.6 is 0 Å². The predicted octanol–water partition coefficient (Wildman–Crippen LogP) is 3.20. The molecule has 0 saturated carbocycles. The summed E-state index contributed by atoms with van der Waals surface area (Å²) in [6.45, 7) is 4.41. The average Bonchev–Trinajstić information content (AvgIpc) is 2.42. The number of pyridine rings is 1. The molecule has 4 heteroatoms. The molecule has 1 amide bonds. The Morgan fingerprint density at radius 1 is 1.16 bits per heavy atom. The number of amides is 1. The zero-order valence-corrected chi connectivity index (χ0v) is 11.1. The van der Waals surface area contributed by atoms with Crippen molar-refractivity contribution in [1.82, 2.24) is 4.98 Å². The van der Waals surface area contributed by atoms with Gasteiger partial charge in [-0.15, -0.1) is 0 Å². The van der Waals surface area contributed by atoms with Gasteiger partial charge in [0.05, 0.1) is 11.9 Å². The average molecular weight is 255 g/mol. The van der Waals surface area contributed by atoms with Crippen LogP contribution in [-0.4, -0.2) is 17.4 Å². The van der Waals surface area contributed by atoms with Crippen LogP contribution in [0.15, 0.2) is 48.7 Å². The Bertz CT molecular complexity index is 537. The number of nitrogens with one attached hydrogen (secondary N) is 1. The smallest absolute Gasteiger partial charge is 0.222 e. The van der Waals surface area contributed by atoms with E-state index in [9.17, 15) is 4.79 Å². The summed E-state index contributed by atoms with van der Waals surface area (Å²) in [6.07, 6.45) is 1.77. The molecule has 0 spiro atoms. The Kier molecular flexibility index (Phi) is 4.13. The minimum atomic E-state index is -0.115. The minimum Gasteiger partial charge on any atom is -0.341 e. The Morgan fingerprint density at radius 3 is 2.42 bits per heavy atom. The topological polar surface area (TPSA) is 45.2 Å². The normalized spacial score (nSPS) is 10.0. The summed E-state index contributed by atoms with van der Waals surface area (Å²) in [7, 11) is 0. The molecular formula is C15H17N3O. The van der Waals surface area contributed by atoms with Crippen LogP contribution in [0.4, 0.5) is 17.2 Å². The van der Waals surface area contributed by atoms with Gasteiger partial charge in [-0.2, -0.15) is 0 Å². The molecule has 2 aromatic rings. The van der Waals surface area contributed by atoms with E-state index >= 15 is 0 Å². The first-order valence-electron chi connectivity index (χ1n) is 6.27. The molecule has 1 heterocycles. The van der Waals surface area contributed by atoms with E-state index in [1.165, 1.54) is 6.92 Å². The summed E-state index contributed by atoms with van der Waals surface area (Å²) in [5.74, 6) is 0.455. The van der Waals surface area contributed by atoms with E-state index in [0.29, 0.717) is 5.82 Å². The van der Waals surface area contributed by atoms with Gasteiger partial charge >= 0.3 is 0 Å². The maximum atomic E-state index is 10.9. The van der Waals surface area contributed by atoms with E-state index in [2.05, 4.69) is 34.3 Å². The second kappa shape index (κ2) is 6.00. The summed E-state index contributed by atoms with van der Waals surface area (Å²) in [5.41, 5.74) is 2.13. The molecule has 0 aliphatic carbocycles. The van der Waals surface area contributed by atoms with E-state index < -0.39 is 0 Å². The third-order valence-corrected chi connectivity index (χ3v) is 2.75. The van der Waals surface area contributed by atoms with Crippen LogP contribution < -0.4 is 10.2 Å². The SMILES string of the molecule is CCN(c1ccccc1)c1ccc(NC(C)=O)nc1. The lowest BCUT2D eigenvalue weighted by molar-refractivity contribution is -0.114. The molecule has 1 aromatic heterocycles. The number of rotatable bonds is 4. The number of carbonyl (C=O) groups is 1. The fourth-order valence-corrected chi connectivity index (χ4v) is 1.92. The number of hydrogen-bond acceptors (Lipinski definition) is 3. The van der Waals surface area contributed by atoms with Crippen LogP contribution in [0, 0.1) is 0 Å². The Morgan fingerprint density at radius 2 is 1.89 bits per heavy atom. The summed E-state index contributed by atoms with van der Waals surface area (Å²) < 4.78 is 0. The van der Waals surface area contributed by atoms with Gasteiger partial charge in [0, 0.05) is 19.2 Å². The molecule has 0 aliphatic rings. The molecule has 1 N–H and O–H groups in total. The van der Waals surface area contributed by atoms with E-state index in [1.807, 2.05) is 30.3 Å². The first-order valence-corrected chi connectivity index (χ1v) is 6.27. The first-order chi connectivity index (χ1) is 9.20. The number of nitrogens with zero attached hydrogens (tertiary/aromatic N) is 2. The zero-order chi connectivity index (χ0) is 13.7. The van der Waals surface area contributed by atoms with Crippen molar-refractivity contribution >= 4 is 23.1 Å². The summed E-state index contributed by atoms with van der Waals surface area (Å²) in [5, 5.41) is 2.66. The van der Waals surface area contributed by atoms with E-state index in [-0.39, 0.29) is 5.91 Å².